The zero-order valence-corrected chi connectivity index (χ0v) is 14.7. The summed E-state index contributed by atoms with van der Waals surface area (Å²) in [6.45, 7) is 0.622. The van der Waals surface area contributed by atoms with Crippen molar-refractivity contribution in [3.05, 3.63) is 93.3 Å². The van der Waals surface area contributed by atoms with Crippen LogP contribution < -0.4 is 11.2 Å². The molecule has 0 saturated heterocycles. The van der Waals surface area contributed by atoms with Crippen LogP contribution in [0.1, 0.15) is 5.56 Å². The van der Waals surface area contributed by atoms with Crippen LogP contribution in [0.3, 0.4) is 0 Å². The van der Waals surface area contributed by atoms with Crippen molar-refractivity contribution in [3.63, 3.8) is 0 Å². The smallest absolute Gasteiger partial charge is 0.330 e. The SMILES string of the molecule is Cn1c(=O)c2c(-c3ccccc3)n(Cc3ccccc3)cc2n(C)c1=O. The van der Waals surface area contributed by atoms with Gasteiger partial charge in [0.2, 0.25) is 0 Å². The van der Waals surface area contributed by atoms with Gasteiger partial charge in [-0.15, -0.1) is 0 Å². The summed E-state index contributed by atoms with van der Waals surface area (Å²) in [5.74, 6) is 0. The number of fused-ring (bicyclic) bond motifs is 1. The van der Waals surface area contributed by atoms with E-state index in [-0.39, 0.29) is 11.2 Å². The molecule has 0 spiro atoms. The molecule has 2 aromatic heterocycles. The summed E-state index contributed by atoms with van der Waals surface area (Å²) in [5, 5.41) is 0.566. The maximum Gasteiger partial charge on any atom is 0.330 e. The topological polar surface area (TPSA) is 48.9 Å². The Morgan fingerprint density at radius 1 is 0.808 bits per heavy atom. The molecule has 0 unspecified atom stereocenters. The highest BCUT2D eigenvalue weighted by Crippen LogP contribution is 2.28. The van der Waals surface area contributed by atoms with Crippen LogP contribution in [0.2, 0.25) is 0 Å². The lowest BCUT2D eigenvalue weighted by atomic mass is 10.1. The molecule has 2 heterocycles. The van der Waals surface area contributed by atoms with Gasteiger partial charge in [-0.3, -0.25) is 13.9 Å². The molecular weight excluding hydrogens is 326 g/mol. The number of hydrogen-bond acceptors (Lipinski definition) is 2. The molecule has 4 rings (SSSR count). The monoisotopic (exact) mass is 345 g/mol. The standard InChI is InChI=1S/C21H19N3O2/c1-22-17-14-24(13-15-9-5-3-6-10-15)19(16-11-7-4-8-12-16)18(17)20(25)23(2)21(22)26/h3-12,14H,13H2,1-2H3. The Balaban J connectivity index is 2.08. The Bertz CT molecular complexity index is 1200. The quantitative estimate of drug-likeness (QED) is 0.573. The first-order valence-corrected chi connectivity index (χ1v) is 8.46. The van der Waals surface area contributed by atoms with Crippen molar-refractivity contribution < 1.29 is 0 Å². The van der Waals surface area contributed by atoms with E-state index in [1.807, 2.05) is 54.7 Å². The first-order chi connectivity index (χ1) is 12.6. The minimum Gasteiger partial charge on any atom is -0.340 e. The van der Waals surface area contributed by atoms with Crippen molar-refractivity contribution in [2.45, 2.75) is 6.54 Å². The minimum atomic E-state index is -0.320. The zero-order chi connectivity index (χ0) is 18.3. The molecule has 0 N–H and O–H groups in total. The molecule has 130 valence electrons. The molecular formula is C21H19N3O2. The average molecular weight is 345 g/mol. The van der Waals surface area contributed by atoms with Crippen LogP contribution in [-0.2, 0) is 20.6 Å². The van der Waals surface area contributed by atoms with E-state index in [1.165, 1.54) is 16.2 Å². The Morgan fingerprint density at radius 2 is 1.42 bits per heavy atom. The summed E-state index contributed by atoms with van der Waals surface area (Å²) < 4.78 is 4.75. The maximum absolute atomic E-state index is 12.9. The Kier molecular flexibility index (Phi) is 3.84. The fraction of sp³-hybridized carbons (Fsp3) is 0.143. The van der Waals surface area contributed by atoms with Crippen LogP contribution in [0.15, 0.2) is 76.4 Å². The summed E-state index contributed by atoms with van der Waals surface area (Å²) in [6.07, 6.45) is 1.90. The molecule has 0 aliphatic carbocycles. The predicted molar refractivity (Wildman–Crippen MR) is 103 cm³/mol. The van der Waals surface area contributed by atoms with E-state index < -0.39 is 0 Å². The lowest BCUT2D eigenvalue weighted by Crippen LogP contribution is -2.36. The van der Waals surface area contributed by atoms with Gasteiger partial charge in [0, 0.05) is 26.8 Å². The van der Waals surface area contributed by atoms with Crippen LogP contribution in [0, 0.1) is 0 Å². The fourth-order valence-electron chi connectivity index (χ4n) is 3.40. The molecule has 5 heteroatoms. The van der Waals surface area contributed by atoms with Crippen molar-refractivity contribution in [2.24, 2.45) is 14.1 Å². The molecule has 0 saturated carbocycles. The van der Waals surface area contributed by atoms with E-state index in [2.05, 4.69) is 16.7 Å². The number of aryl methyl sites for hydroxylation is 1. The number of benzene rings is 2. The van der Waals surface area contributed by atoms with Crippen molar-refractivity contribution >= 4 is 10.9 Å². The van der Waals surface area contributed by atoms with Gasteiger partial charge in [0.05, 0.1) is 16.6 Å². The second-order valence-corrected chi connectivity index (χ2v) is 6.42. The molecule has 0 aliphatic heterocycles. The average Bonchev–Trinajstić information content (AvgIpc) is 3.05. The molecule has 0 radical (unpaired) electrons. The van der Waals surface area contributed by atoms with Gasteiger partial charge in [-0.1, -0.05) is 60.7 Å². The van der Waals surface area contributed by atoms with Gasteiger partial charge in [0.1, 0.15) is 0 Å². The van der Waals surface area contributed by atoms with Gasteiger partial charge >= 0.3 is 5.69 Å². The third kappa shape index (κ3) is 2.49. The molecule has 0 fully saturated rings. The molecule has 5 nitrogen and oxygen atoms in total. The molecule has 0 aliphatic rings. The van der Waals surface area contributed by atoms with E-state index in [0.29, 0.717) is 17.4 Å². The van der Waals surface area contributed by atoms with E-state index in [1.54, 1.807) is 7.05 Å². The van der Waals surface area contributed by atoms with E-state index in [4.69, 9.17) is 0 Å². The maximum atomic E-state index is 12.9. The van der Waals surface area contributed by atoms with Crippen LogP contribution >= 0.6 is 0 Å². The summed E-state index contributed by atoms with van der Waals surface area (Å²) >= 11 is 0. The van der Waals surface area contributed by atoms with E-state index >= 15 is 0 Å². The Morgan fingerprint density at radius 3 is 2.08 bits per heavy atom. The van der Waals surface area contributed by atoms with Crippen molar-refractivity contribution in [2.75, 3.05) is 0 Å². The number of rotatable bonds is 3. The normalized spacial score (nSPS) is 11.2. The molecule has 4 aromatic rings. The minimum absolute atomic E-state index is 0.270. The van der Waals surface area contributed by atoms with Gasteiger partial charge < -0.3 is 4.57 Å². The third-order valence-electron chi connectivity index (χ3n) is 4.75. The lowest BCUT2D eigenvalue weighted by molar-refractivity contribution is 0.714. The number of aromatic nitrogens is 3. The van der Waals surface area contributed by atoms with Crippen molar-refractivity contribution in [1.82, 2.24) is 13.7 Å². The first-order valence-electron chi connectivity index (χ1n) is 8.46. The Hall–Kier alpha value is -3.34. The van der Waals surface area contributed by atoms with Gasteiger partial charge in [-0.25, -0.2) is 4.79 Å². The first kappa shape index (κ1) is 16.1. The third-order valence-corrected chi connectivity index (χ3v) is 4.75. The van der Waals surface area contributed by atoms with E-state index in [9.17, 15) is 9.59 Å². The summed E-state index contributed by atoms with van der Waals surface area (Å²) in [7, 11) is 3.22. The summed E-state index contributed by atoms with van der Waals surface area (Å²) in [4.78, 5) is 25.2. The molecule has 26 heavy (non-hydrogen) atoms. The largest absolute Gasteiger partial charge is 0.340 e. The van der Waals surface area contributed by atoms with Crippen molar-refractivity contribution in [1.29, 1.82) is 0 Å². The summed E-state index contributed by atoms with van der Waals surface area (Å²) in [6, 6.07) is 19.9. The van der Waals surface area contributed by atoms with E-state index in [0.717, 1.165) is 16.8 Å². The lowest BCUT2D eigenvalue weighted by Gasteiger charge is -2.10. The van der Waals surface area contributed by atoms with Crippen LogP contribution in [0.4, 0.5) is 0 Å². The van der Waals surface area contributed by atoms with Gasteiger partial charge in [0.25, 0.3) is 5.56 Å². The predicted octanol–water partition coefficient (Wildman–Crippen LogP) is 2.75. The van der Waals surface area contributed by atoms with Crippen LogP contribution in [0.5, 0.6) is 0 Å². The fourth-order valence-corrected chi connectivity index (χ4v) is 3.40. The number of nitrogens with zero attached hydrogens (tertiary/aromatic N) is 3. The second-order valence-electron chi connectivity index (χ2n) is 6.42. The van der Waals surface area contributed by atoms with Gasteiger partial charge in [-0.2, -0.15) is 0 Å². The highest BCUT2D eigenvalue weighted by Gasteiger charge is 2.19. The molecule has 0 bridgehead atoms. The van der Waals surface area contributed by atoms with Crippen LogP contribution in [-0.4, -0.2) is 13.7 Å². The Labute approximate surface area is 150 Å². The highest BCUT2D eigenvalue weighted by molar-refractivity contribution is 5.93. The van der Waals surface area contributed by atoms with Gasteiger partial charge in [-0.05, 0) is 11.1 Å². The van der Waals surface area contributed by atoms with Crippen molar-refractivity contribution in [3.8, 4) is 11.3 Å². The molecule has 0 amide bonds. The van der Waals surface area contributed by atoms with Crippen LogP contribution in [0.25, 0.3) is 22.2 Å². The number of hydrogen-bond donors (Lipinski definition) is 0. The summed E-state index contributed by atoms with van der Waals surface area (Å²) in [5.41, 5.74) is 2.97. The molecule has 0 atom stereocenters. The highest BCUT2D eigenvalue weighted by atomic mass is 16.2. The second kappa shape index (κ2) is 6.19. The molecule has 2 aromatic carbocycles. The van der Waals surface area contributed by atoms with Gasteiger partial charge in [0.15, 0.2) is 0 Å². The zero-order valence-electron chi connectivity index (χ0n) is 14.7.